The molecule has 1 saturated heterocycles. The summed E-state index contributed by atoms with van der Waals surface area (Å²) in [6.07, 6.45) is 5.40. The normalized spacial score (nSPS) is 18.4. The SMILES string of the molecule is Cc1ccc(-n2nc(C(C)(C)C)cc2NC(=O)N[C@H]2CC[C@@H](Oc3ccc4nnc(N5CCC(C)(CO[Si](C(C)C)(C(C)C)C(C)C)CC5)n4c3)c3ccccc32)cc1. The first kappa shape index (κ1) is 42.4. The van der Waals surface area contributed by atoms with E-state index in [1.165, 1.54) is 0 Å². The molecule has 4 heterocycles. The van der Waals surface area contributed by atoms with Crippen molar-refractivity contribution in [3.8, 4) is 11.4 Å². The van der Waals surface area contributed by atoms with Crippen molar-refractivity contribution in [2.75, 3.05) is 29.9 Å². The standard InChI is InChI=1S/C47H66N8O3Si/c1-31(2)59(32(3)4,33(5)6)57-30-47(11)24-26-53(27-25-47)45-51-50-42-23-20-36(29-54(42)45)58-40-22-21-39(37-14-12-13-15-38(37)40)48-44(56)49-43-28-41(46(8,9)10)52-55(43)35-18-16-34(7)17-19-35/h12-20,23,28-29,31-33,39-40H,21-22,24-27,30H2,1-11H3,(H2,48,49,56)/t39-,40+/m0/s1. The van der Waals surface area contributed by atoms with E-state index in [0.29, 0.717) is 22.4 Å². The van der Waals surface area contributed by atoms with Gasteiger partial charge >= 0.3 is 6.03 Å². The molecule has 1 aliphatic heterocycles. The summed E-state index contributed by atoms with van der Waals surface area (Å²) >= 11 is 0. The molecule has 2 N–H and O–H groups in total. The van der Waals surface area contributed by atoms with Gasteiger partial charge in [-0.3, -0.25) is 9.72 Å². The van der Waals surface area contributed by atoms with Gasteiger partial charge in [0.2, 0.25) is 5.95 Å². The maximum Gasteiger partial charge on any atom is 0.320 e. The zero-order chi connectivity index (χ0) is 42.3. The number of fused-ring (bicyclic) bond motifs is 2. The zero-order valence-electron chi connectivity index (χ0n) is 37.2. The van der Waals surface area contributed by atoms with Crippen LogP contribution in [-0.2, 0) is 9.84 Å². The van der Waals surface area contributed by atoms with Gasteiger partial charge < -0.3 is 19.4 Å². The number of pyridine rings is 1. The predicted octanol–water partition coefficient (Wildman–Crippen LogP) is 11.1. The minimum Gasteiger partial charge on any atom is -0.484 e. The van der Waals surface area contributed by atoms with Gasteiger partial charge in [0.15, 0.2) is 14.0 Å². The smallest absolute Gasteiger partial charge is 0.320 e. The third-order valence-electron chi connectivity index (χ3n) is 13.0. The Morgan fingerprint density at radius 3 is 2.20 bits per heavy atom. The number of hydrogen-bond acceptors (Lipinski definition) is 7. The number of amides is 2. The zero-order valence-corrected chi connectivity index (χ0v) is 38.2. The molecule has 316 valence electrons. The fourth-order valence-electron chi connectivity index (χ4n) is 9.55. The summed E-state index contributed by atoms with van der Waals surface area (Å²) < 4.78 is 17.7. The monoisotopic (exact) mass is 819 g/mol. The summed E-state index contributed by atoms with van der Waals surface area (Å²) in [5.74, 6) is 2.23. The molecule has 12 heteroatoms. The van der Waals surface area contributed by atoms with Crippen LogP contribution in [0, 0.1) is 12.3 Å². The van der Waals surface area contributed by atoms with E-state index in [1.54, 1.807) is 0 Å². The third-order valence-corrected chi connectivity index (χ3v) is 19.1. The van der Waals surface area contributed by atoms with Gasteiger partial charge in [-0.2, -0.15) is 5.10 Å². The number of benzene rings is 2. The summed E-state index contributed by atoms with van der Waals surface area (Å²) in [4.78, 5) is 16.0. The van der Waals surface area contributed by atoms with E-state index in [9.17, 15) is 4.79 Å². The van der Waals surface area contributed by atoms with E-state index in [2.05, 4.69) is 131 Å². The van der Waals surface area contributed by atoms with E-state index >= 15 is 0 Å². The quantitative estimate of drug-likeness (QED) is 0.121. The molecular formula is C47H66N8O3Si. The van der Waals surface area contributed by atoms with E-state index in [4.69, 9.17) is 14.3 Å². The fourth-order valence-corrected chi connectivity index (χ4v) is 15.2. The van der Waals surface area contributed by atoms with E-state index in [1.807, 2.05) is 53.3 Å². The number of anilines is 2. The molecule has 0 spiro atoms. The van der Waals surface area contributed by atoms with Crippen LogP contribution in [0.3, 0.4) is 0 Å². The molecular weight excluding hydrogens is 753 g/mol. The maximum atomic E-state index is 13.7. The lowest BCUT2D eigenvalue weighted by atomic mass is 9.81. The second kappa shape index (κ2) is 16.8. The van der Waals surface area contributed by atoms with Crippen molar-refractivity contribution < 1.29 is 14.0 Å². The van der Waals surface area contributed by atoms with Gasteiger partial charge in [0, 0.05) is 31.2 Å². The van der Waals surface area contributed by atoms with Crippen LogP contribution in [0.15, 0.2) is 72.9 Å². The molecule has 0 bridgehead atoms. The van der Waals surface area contributed by atoms with Crippen molar-refractivity contribution in [2.45, 2.75) is 136 Å². The molecule has 11 nitrogen and oxygen atoms in total. The highest BCUT2D eigenvalue weighted by molar-refractivity contribution is 6.77. The summed E-state index contributed by atoms with van der Waals surface area (Å²) in [5, 5.41) is 20.5. The Balaban J connectivity index is 1.02. The van der Waals surface area contributed by atoms with Crippen molar-refractivity contribution in [3.05, 3.63) is 95.3 Å². The number of aryl methyl sites for hydroxylation is 1. The average Bonchev–Trinajstić information content (AvgIpc) is 3.81. The Morgan fingerprint density at radius 2 is 1.56 bits per heavy atom. The molecule has 2 amide bonds. The molecule has 2 aromatic carbocycles. The number of nitrogens with zero attached hydrogens (tertiary/aromatic N) is 6. The molecule has 3 aromatic heterocycles. The highest BCUT2D eigenvalue weighted by atomic mass is 28.4. The second-order valence-electron chi connectivity index (χ2n) is 19.4. The van der Waals surface area contributed by atoms with Crippen LogP contribution in [0.5, 0.6) is 5.75 Å². The highest BCUT2D eigenvalue weighted by Crippen LogP contribution is 2.45. The minimum atomic E-state index is -1.94. The summed E-state index contributed by atoms with van der Waals surface area (Å²) in [6.45, 7) is 27.6. The van der Waals surface area contributed by atoms with Crippen molar-refractivity contribution in [1.82, 2.24) is 29.7 Å². The summed E-state index contributed by atoms with van der Waals surface area (Å²) in [7, 11) is -1.94. The Kier molecular flexibility index (Phi) is 12.1. The van der Waals surface area contributed by atoms with Gasteiger partial charge in [-0.1, -0.05) is 111 Å². The first-order valence-electron chi connectivity index (χ1n) is 21.7. The molecule has 0 radical (unpaired) electrons. The average molecular weight is 819 g/mol. The number of rotatable bonds is 12. The van der Waals surface area contributed by atoms with Gasteiger partial charge in [-0.05, 0) is 90.0 Å². The molecule has 1 aliphatic carbocycles. The molecule has 2 aliphatic rings. The fraction of sp³-hybridized carbons (Fsp3) is 0.532. The van der Waals surface area contributed by atoms with Crippen LogP contribution in [0.2, 0.25) is 16.6 Å². The van der Waals surface area contributed by atoms with E-state index in [0.717, 1.165) is 90.8 Å². The Labute approximate surface area is 352 Å². The number of carbonyl (C=O) groups is 1. The Hall–Kier alpha value is -4.68. The van der Waals surface area contributed by atoms with Gasteiger partial charge in [-0.15, -0.1) is 10.2 Å². The van der Waals surface area contributed by atoms with Gasteiger partial charge in [0.1, 0.15) is 17.7 Å². The van der Waals surface area contributed by atoms with Crippen LogP contribution < -0.4 is 20.3 Å². The third kappa shape index (κ3) is 8.80. The number of carbonyl (C=O) groups excluding carboxylic acids is 1. The number of nitrogens with one attached hydrogen (secondary N) is 2. The molecule has 7 rings (SSSR count). The lowest BCUT2D eigenvalue weighted by Crippen LogP contribution is -2.51. The lowest BCUT2D eigenvalue weighted by Gasteiger charge is -2.46. The first-order valence-corrected chi connectivity index (χ1v) is 23.9. The van der Waals surface area contributed by atoms with Gasteiger partial charge in [-0.25, -0.2) is 9.48 Å². The predicted molar refractivity (Wildman–Crippen MR) is 240 cm³/mol. The van der Waals surface area contributed by atoms with Crippen LogP contribution in [0.4, 0.5) is 16.6 Å². The van der Waals surface area contributed by atoms with Crippen LogP contribution >= 0.6 is 0 Å². The molecule has 1 fully saturated rings. The van der Waals surface area contributed by atoms with E-state index in [-0.39, 0.29) is 29.0 Å². The molecule has 2 atom stereocenters. The van der Waals surface area contributed by atoms with Crippen LogP contribution in [0.25, 0.3) is 11.3 Å². The number of hydrogen-bond donors (Lipinski definition) is 2. The van der Waals surface area contributed by atoms with E-state index < -0.39 is 8.32 Å². The number of urea groups is 1. The van der Waals surface area contributed by atoms with Gasteiger partial charge in [0.05, 0.1) is 23.6 Å². The van der Waals surface area contributed by atoms with Crippen molar-refractivity contribution in [2.24, 2.45) is 5.41 Å². The topological polar surface area (TPSA) is 111 Å². The highest BCUT2D eigenvalue weighted by Gasteiger charge is 2.46. The van der Waals surface area contributed by atoms with Crippen LogP contribution in [0.1, 0.15) is 129 Å². The molecule has 5 aromatic rings. The Morgan fingerprint density at radius 1 is 0.898 bits per heavy atom. The van der Waals surface area contributed by atoms with Crippen molar-refractivity contribution >= 4 is 31.8 Å². The molecule has 0 saturated carbocycles. The first-order chi connectivity index (χ1) is 28.0. The maximum absolute atomic E-state index is 13.7. The second-order valence-corrected chi connectivity index (χ2v) is 24.8. The lowest BCUT2D eigenvalue weighted by molar-refractivity contribution is 0.116. The van der Waals surface area contributed by atoms with Crippen molar-refractivity contribution in [1.29, 1.82) is 0 Å². The number of piperidine rings is 1. The van der Waals surface area contributed by atoms with Crippen molar-refractivity contribution in [3.63, 3.8) is 0 Å². The Bertz CT molecular complexity index is 2210. The summed E-state index contributed by atoms with van der Waals surface area (Å²) in [6, 6.07) is 21.9. The van der Waals surface area contributed by atoms with Gasteiger partial charge in [0.25, 0.3) is 0 Å². The largest absolute Gasteiger partial charge is 0.484 e. The molecule has 0 unspecified atom stereocenters. The summed E-state index contributed by atoms with van der Waals surface area (Å²) in [5.41, 5.74) is 7.55. The number of aromatic nitrogens is 5. The number of ether oxygens (including phenoxy) is 1. The minimum absolute atomic E-state index is 0.129. The molecule has 59 heavy (non-hydrogen) atoms. The van der Waals surface area contributed by atoms with Crippen LogP contribution in [-0.4, -0.2) is 58.4 Å².